The molecule has 0 atom stereocenters. The summed E-state index contributed by atoms with van der Waals surface area (Å²) in [5.41, 5.74) is 2.23. The molecule has 0 saturated carbocycles. The van der Waals surface area contributed by atoms with Crippen molar-refractivity contribution < 1.29 is 9.59 Å². The number of carbonyl (C=O) groups is 1. The van der Waals surface area contributed by atoms with E-state index in [1.807, 2.05) is 6.07 Å². The highest BCUT2D eigenvalue weighted by Gasteiger charge is 2.17. The van der Waals surface area contributed by atoms with E-state index in [2.05, 4.69) is 4.99 Å². The number of aliphatic imine (C=N–C) groups is 1. The lowest BCUT2D eigenvalue weighted by atomic mass is 10.0. The number of hydrogen-bond acceptors (Lipinski definition) is 3. The number of Topliss-reactive ketones (excluding diaryl/α,β-unsaturated/α-hetero) is 1. The molecular formula is C12H11NO2. The van der Waals surface area contributed by atoms with E-state index in [1.54, 1.807) is 12.1 Å². The van der Waals surface area contributed by atoms with Gasteiger partial charge >= 0.3 is 0 Å². The second-order valence-electron chi connectivity index (χ2n) is 3.64. The molecular weight excluding hydrogens is 190 g/mol. The standard InChI is InChI=1S/C12H11NO2/c14-8-13-11-6-3-5-10-9(11)4-1-2-7-12(10)15/h3,5-6H,1-2,4,7H2. The van der Waals surface area contributed by atoms with E-state index in [0.29, 0.717) is 12.1 Å². The molecule has 0 bridgehead atoms. The zero-order valence-corrected chi connectivity index (χ0v) is 8.32. The van der Waals surface area contributed by atoms with Gasteiger partial charge in [0, 0.05) is 12.0 Å². The molecule has 1 aromatic rings. The lowest BCUT2D eigenvalue weighted by Gasteiger charge is -2.05. The van der Waals surface area contributed by atoms with Gasteiger partial charge in [0.2, 0.25) is 6.08 Å². The molecule has 0 aliphatic heterocycles. The normalized spacial score (nSPS) is 15.1. The number of benzene rings is 1. The molecule has 0 heterocycles. The van der Waals surface area contributed by atoms with Crippen molar-refractivity contribution in [3.63, 3.8) is 0 Å². The van der Waals surface area contributed by atoms with E-state index in [1.165, 1.54) is 6.08 Å². The molecule has 0 amide bonds. The van der Waals surface area contributed by atoms with Gasteiger partial charge in [0.1, 0.15) is 0 Å². The van der Waals surface area contributed by atoms with Crippen molar-refractivity contribution in [1.29, 1.82) is 0 Å². The van der Waals surface area contributed by atoms with E-state index in [9.17, 15) is 9.59 Å². The van der Waals surface area contributed by atoms with Crippen LogP contribution in [0, 0.1) is 0 Å². The summed E-state index contributed by atoms with van der Waals surface area (Å²) in [6, 6.07) is 5.33. The van der Waals surface area contributed by atoms with E-state index in [-0.39, 0.29) is 5.78 Å². The zero-order valence-electron chi connectivity index (χ0n) is 8.32. The summed E-state index contributed by atoms with van der Waals surface area (Å²) in [6.45, 7) is 0. The first-order valence-corrected chi connectivity index (χ1v) is 5.06. The van der Waals surface area contributed by atoms with Crippen LogP contribution in [-0.4, -0.2) is 11.9 Å². The molecule has 2 rings (SSSR count). The predicted octanol–water partition coefficient (Wildman–Crippen LogP) is 2.56. The third-order valence-corrected chi connectivity index (χ3v) is 2.70. The Bertz CT molecular complexity index is 445. The van der Waals surface area contributed by atoms with E-state index < -0.39 is 0 Å². The van der Waals surface area contributed by atoms with Gasteiger partial charge in [0.05, 0.1) is 5.69 Å². The third-order valence-electron chi connectivity index (χ3n) is 2.70. The molecule has 0 spiro atoms. The monoisotopic (exact) mass is 201 g/mol. The molecule has 3 heteroatoms. The quantitative estimate of drug-likeness (QED) is 0.398. The van der Waals surface area contributed by atoms with Gasteiger partial charge in [-0.15, -0.1) is 0 Å². The summed E-state index contributed by atoms with van der Waals surface area (Å²) in [5, 5.41) is 0. The fraction of sp³-hybridized carbons (Fsp3) is 0.333. The Hall–Kier alpha value is -1.73. The molecule has 0 aromatic heterocycles. The Balaban J connectivity index is 2.57. The molecule has 3 nitrogen and oxygen atoms in total. The number of isocyanates is 1. The highest BCUT2D eigenvalue weighted by atomic mass is 16.1. The maximum atomic E-state index is 11.7. The fourth-order valence-electron chi connectivity index (χ4n) is 1.97. The van der Waals surface area contributed by atoms with E-state index in [0.717, 1.165) is 30.4 Å². The van der Waals surface area contributed by atoms with Crippen LogP contribution in [0.2, 0.25) is 0 Å². The Morgan fingerprint density at radius 3 is 2.80 bits per heavy atom. The number of rotatable bonds is 1. The highest BCUT2D eigenvalue weighted by molar-refractivity contribution is 5.99. The fourth-order valence-corrected chi connectivity index (χ4v) is 1.97. The van der Waals surface area contributed by atoms with Gasteiger partial charge in [-0.05, 0) is 30.9 Å². The van der Waals surface area contributed by atoms with Gasteiger partial charge in [-0.2, -0.15) is 4.99 Å². The van der Waals surface area contributed by atoms with Crippen molar-refractivity contribution in [3.8, 4) is 0 Å². The van der Waals surface area contributed by atoms with Crippen LogP contribution in [0.1, 0.15) is 35.2 Å². The van der Waals surface area contributed by atoms with Crippen LogP contribution in [0.4, 0.5) is 5.69 Å². The largest absolute Gasteiger partial charge is 0.294 e. The summed E-state index contributed by atoms with van der Waals surface area (Å²) in [5.74, 6) is 0.158. The average Bonchev–Trinajstić information content (AvgIpc) is 2.43. The van der Waals surface area contributed by atoms with Crippen molar-refractivity contribution >= 4 is 17.6 Å². The molecule has 1 aliphatic rings. The summed E-state index contributed by atoms with van der Waals surface area (Å²) in [6.07, 6.45) is 4.84. The van der Waals surface area contributed by atoms with E-state index in [4.69, 9.17) is 0 Å². The highest BCUT2D eigenvalue weighted by Crippen LogP contribution is 2.28. The summed E-state index contributed by atoms with van der Waals surface area (Å²) < 4.78 is 0. The maximum absolute atomic E-state index is 11.7. The Labute approximate surface area is 87.8 Å². The minimum atomic E-state index is 0.158. The van der Waals surface area contributed by atoms with Gasteiger partial charge in [0.25, 0.3) is 0 Å². The average molecular weight is 201 g/mol. The smallest absolute Gasteiger partial charge is 0.240 e. The second kappa shape index (κ2) is 4.20. The Morgan fingerprint density at radius 1 is 1.20 bits per heavy atom. The van der Waals surface area contributed by atoms with Crippen LogP contribution in [0.25, 0.3) is 0 Å². The number of fused-ring (bicyclic) bond motifs is 1. The predicted molar refractivity (Wildman–Crippen MR) is 56.1 cm³/mol. The van der Waals surface area contributed by atoms with Crippen molar-refractivity contribution in [2.24, 2.45) is 4.99 Å². The first-order valence-electron chi connectivity index (χ1n) is 5.06. The lowest BCUT2D eigenvalue weighted by molar-refractivity contribution is 0.0982. The molecule has 1 aliphatic carbocycles. The molecule has 0 N–H and O–H groups in total. The molecule has 0 unspecified atom stereocenters. The van der Waals surface area contributed by atoms with Crippen LogP contribution < -0.4 is 0 Å². The first-order chi connectivity index (χ1) is 7.33. The minimum Gasteiger partial charge on any atom is -0.294 e. The van der Waals surface area contributed by atoms with Crippen LogP contribution in [-0.2, 0) is 11.2 Å². The van der Waals surface area contributed by atoms with E-state index >= 15 is 0 Å². The van der Waals surface area contributed by atoms with Crippen LogP contribution in [0.5, 0.6) is 0 Å². The topological polar surface area (TPSA) is 46.5 Å². The lowest BCUT2D eigenvalue weighted by Crippen LogP contribution is -1.99. The summed E-state index contributed by atoms with van der Waals surface area (Å²) >= 11 is 0. The molecule has 1 aromatic carbocycles. The van der Waals surface area contributed by atoms with Crippen molar-refractivity contribution in [2.45, 2.75) is 25.7 Å². The number of nitrogens with zero attached hydrogens (tertiary/aromatic N) is 1. The van der Waals surface area contributed by atoms with Gasteiger partial charge < -0.3 is 0 Å². The maximum Gasteiger partial charge on any atom is 0.240 e. The summed E-state index contributed by atoms with van der Waals surface area (Å²) in [4.78, 5) is 25.6. The minimum absolute atomic E-state index is 0.158. The van der Waals surface area contributed by atoms with Gasteiger partial charge in [0.15, 0.2) is 5.78 Å². The van der Waals surface area contributed by atoms with Gasteiger partial charge in [-0.3, -0.25) is 4.79 Å². The number of ketones is 1. The number of carbonyl (C=O) groups excluding carboxylic acids is 2. The summed E-state index contributed by atoms with van der Waals surface area (Å²) in [7, 11) is 0. The number of hydrogen-bond donors (Lipinski definition) is 0. The van der Waals surface area contributed by atoms with Crippen LogP contribution >= 0.6 is 0 Å². The third kappa shape index (κ3) is 1.88. The van der Waals surface area contributed by atoms with Crippen molar-refractivity contribution in [3.05, 3.63) is 29.3 Å². The van der Waals surface area contributed by atoms with Crippen molar-refractivity contribution in [1.82, 2.24) is 0 Å². The SMILES string of the molecule is O=C=Nc1cccc2c1CCCCC2=O. The van der Waals surface area contributed by atoms with Crippen LogP contribution in [0.15, 0.2) is 23.2 Å². The van der Waals surface area contributed by atoms with Crippen LogP contribution in [0.3, 0.4) is 0 Å². The molecule has 15 heavy (non-hydrogen) atoms. The molecule has 0 radical (unpaired) electrons. The van der Waals surface area contributed by atoms with Crippen molar-refractivity contribution in [2.75, 3.05) is 0 Å². The molecule has 0 fully saturated rings. The molecule has 0 saturated heterocycles. The Kier molecular flexibility index (Phi) is 2.75. The second-order valence-corrected chi connectivity index (χ2v) is 3.64. The Morgan fingerprint density at radius 2 is 2.00 bits per heavy atom. The zero-order chi connectivity index (χ0) is 10.7. The molecule has 76 valence electrons. The van der Waals surface area contributed by atoms with Gasteiger partial charge in [-0.25, -0.2) is 4.79 Å². The first kappa shape index (κ1) is 9.81. The van der Waals surface area contributed by atoms with Gasteiger partial charge in [-0.1, -0.05) is 12.1 Å².